The van der Waals surface area contributed by atoms with Crippen molar-refractivity contribution >= 4 is 16.6 Å². The van der Waals surface area contributed by atoms with Gasteiger partial charge in [-0.25, -0.2) is 4.68 Å². The number of rotatable bonds is 4. The fourth-order valence-corrected chi connectivity index (χ4v) is 6.06. The Kier molecular flexibility index (Phi) is 5.43. The van der Waals surface area contributed by atoms with Gasteiger partial charge in [-0.1, -0.05) is 37.5 Å². The molecule has 4 aromatic rings. The maximum absolute atomic E-state index is 13.7. The molecule has 0 amide bonds. The molecule has 7 heteroatoms. The van der Waals surface area contributed by atoms with E-state index < -0.39 is 0 Å². The molecule has 2 unspecified atom stereocenters. The van der Waals surface area contributed by atoms with Crippen molar-refractivity contribution < 1.29 is 0 Å². The first kappa shape index (κ1) is 22.0. The van der Waals surface area contributed by atoms with Gasteiger partial charge in [-0.2, -0.15) is 0 Å². The molecule has 0 bridgehead atoms. The summed E-state index contributed by atoms with van der Waals surface area (Å²) < 4.78 is 2.02. The fraction of sp³-hybridized carbons (Fsp3) is 0.429. The number of fused-ring (bicyclic) bond motifs is 2. The lowest BCUT2D eigenvalue weighted by molar-refractivity contribution is 0.312. The van der Waals surface area contributed by atoms with Crippen LogP contribution < -0.4 is 10.5 Å². The van der Waals surface area contributed by atoms with E-state index in [4.69, 9.17) is 0 Å². The van der Waals surface area contributed by atoms with Gasteiger partial charge in [0, 0.05) is 22.8 Å². The highest BCUT2D eigenvalue weighted by molar-refractivity contribution is 5.81. The first-order chi connectivity index (χ1) is 17.0. The summed E-state index contributed by atoms with van der Waals surface area (Å²) >= 11 is 0. The molecule has 1 saturated carbocycles. The van der Waals surface area contributed by atoms with E-state index in [9.17, 15) is 4.79 Å². The molecule has 0 saturated heterocycles. The average Bonchev–Trinajstić information content (AvgIpc) is 3.46. The number of pyridine rings is 1. The van der Waals surface area contributed by atoms with Crippen LogP contribution >= 0.6 is 0 Å². The number of benzene rings is 2. The quantitative estimate of drug-likeness (QED) is 0.447. The molecular formula is C28H32N6O. The Balaban J connectivity index is 1.57. The second-order valence-corrected chi connectivity index (χ2v) is 10.3. The summed E-state index contributed by atoms with van der Waals surface area (Å²) in [5.74, 6) is 0.758. The van der Waals surface area contributed by atoms with Crippen molar-refractivity contribution in [2.75, 3.05) is 4.90 Å². The first-order valence-electron chi connectivity index (χ1n) is 12.8. The highest BCUT2D eigenvalue weighted by Crippen LogP contribution is 2.41. The molecule has 1 aliphatic heterocycles. The molecule has 180 valence electrons. The largest absolute Gasteiger partial charge is 0.354 e. The number of aromatic nitrogens is 5. The van der Waals surface area contributed by atoms with Crippen molar-refractivity contribution in [3.63, 3.8) is 0 Å². The zero-order valence-electron chi connectivity index (χ0n) is 20.7. The van der Waals surface area contributed by atoms with Gasteiger partial charge in [-0.3, -0.25) is 4.79 Å². The number of hydrogen-bond acceptors (Lipinski definition) is 5. The van der Waals surface area contributed by atoms with E-state index in [2.05, 4.69) is 88.6 Å². The van der Waals surface area contributed by atoms with Gasteiger partial charge in [0.05, 0.1) is 6.04 Å². The molecule has 3 heterocycles. The van der Waals surface area contributed by atoms with E-state index in [0.29, 0.717) is 5.56 Å². The van der Waals surface area contributed by atoms with E-state index in [0.717, 1.165) is 41.7 Å². The normalized spacial score (nSPS) is 19.3. The molecule has 2 aromatic carbocycles. The van der Waals surface area contributed by atoms with Crippen LogP contribution in [0, 0.1) is 13.8 Å². The monoisotopic (exact) mass is 468 g/mol. The van der Waals surface area contributed by atoms with Crippen molar-refractivity contribution in [1.82, 2.24) is 25.2 Å². The molecule has 35 heavy (non-hydrogen) atoms. The van der Waals surface area contributed by atoms with Crippen LogP contribution in [0.25, 0.3) is 10.9 Å². The Labute approximate surface area is 205 Å². The number of aryl methyl sites for hydroxylation is 2. The number of aromatic amines is 1. The standard InChI is InChI=1S/C28H32N6O/c1-17-13-21-16-23(28(35)29-24(21)14-18(17)2)26(33-19(3)15-20-9-7-8-12-25(20)33)27-30-31-32-34(27)22-10-5-4-6-11-22/h7-9,12-14,16,19,22,26H,4-6,10-11,15H2,1-3H3,(H,29,35). The van der Waals surface area contributed by atoms with Crippen molar-refractivity contribution in [2.45, 2.75) is 77.4 Å². The van der Waals surface area contributed by atoms with Crippen LogP contribution in [-0.4, -0.2) is 31.2 Å². The Hall–Kier alpha value is -3.48. The van der Waals surface area contributed by atoms with Gasteiger partial charge in [0.1, 0.15) is 6.04 Å². The van der Waals surface area contributed by atoms with E-state index in [1.165, 1.54) is 36.0 Å². The van der Waals surface area contributed by atoms with Gasteiger partial charge in [0.15, 0.2) is 5.82 Å². The minimum Gasteiger partial charge on any atom is -0.354 e. The first-order valence-corrected chi connectivity index (χ1v) is 12.8. The Morgan fingerprint density at radius 1 is 1.03 bits per heavy atom. The molecular weight excluding hydrogens is 436 g/mol. The molecule has 2 aromatic heterocycles. The van der Waals surface area contributed by atoms with E-state index in [-0.39, 0.29) is 23.7 Å². The number of H-pyrrole nitrogens is 1. The summed E-state index contributed by atoms with van der Waals surface area (Å²) in [7, 11) is 0. The van der Waals surface area contributed by atoms with Gasteiger partial charge in [0.2, 0.25) is 0 Å². The van der Waals surface area contributed by atoms with Crippen molar-refractivity contribution in [3.05, 3.63) is 80.9 Å². The van der Waals surface area contributed by atoms with Crippen LogP contribution in [0.5, 0.6) is 0 Å². The predicted octanol–water partition coefficient (Wildman–Crippen LogP) is 5.18. The van der Waals surface area contributed by atoms with E-state index >= 15 is 0 Å². The van der Waals surface area contributed by atoms with Crippen LogP contribution in [0.15, 0.2) is 47.3 Å². The number of nitrogens with one attached hydrogen (secondary N) is 1. The van der Waals surface area contributed by atoms with Crippen LogP contribution in [-0.2, 0) is 6.42 Å². The predicted molar refractivity (Wildman–Crippen MR) is 138 cm³/mol. The minimum atomic E-state index is -0.375. The molecule has 7 nitrogen and oxygen atoms in total. The maximum atomic E-state index is 13.7. The number of para-hydroxylation sites is 1. The molecule has 0 radical (unpaired) electrons. The summed E-state index contributed by atoms with van der Waals surface area (Å²) in [6.45, 7) is 6.41. The second kappa shape index (κ2) is 8.63. The summed E-state index contributed by atoms with van der Waals surface area (Å²) in [5, 5.41) is 14.2. The summed E-state index contributed by atoms with van der Waals surface area (Å²) in [4.78, 5) is 19.2. The van der Waals surface area contributed by atoms with Crippen LogP contribution in [0.1, 0.15) is 79.2 Å². The smallest absolute Gasteiger partial charge is 0.254 e. The summed E-state index contributed by atoms with van der Waals surface area (Å²) in [5.41, 5.74) is 6.30. The van der Waals surface area contributed by atoms with Crippen LogP contribution in [0.2, 0.25) is 0 Å². The number of tetrazole rings is 1. The highest BCUT2D eigenvalue weighted by Gasteiger charge is 2.38. The summed E-state index contributed by atoms with van der Waals surface area (Å²) in [6, 6.07) is 14.9. The average molecular weight is 469 g/mol. The van der Waals surface area contributed by atoms with Crippen LogP contribution in [0.3, 0.4) is 0 Å². The van der Waals surface area contributed by atoms with Gasteiger partial charge < -0.3 is 9.88 Å². The molecule has 2 aliphatic rings. The van der Waals surface area contributed by atoms with Gasteiger partial charge in [-0.15, -0.1) is 5.10 Å². The Morgan fingerprint density at radius 2 is 1.80 bits per heavy atom. The van der Waals surface area contributed by atoms with E-state index in [1.54, 1.807) is 0 Å². The second-order valence-electron chi connectivity index (χ2n) is 10.3. The fourth-order valence-electron chi connectivity index (χ4n) is 6.06. The zero-order valence-corrected chi connectivity index (χ0v) is 20.7. The molecule has 1 N–H and O–H groups in total. The lowest BCUT2D eigenvalue weighted by Crippen LogP contribution is -2.39. The van der Waals surface area contributed by atoms with Gasteiger partial charge >= 0.3 is 0 Å². The third kappa shape index (κ3) is 3.74. The maximum Gasteiger partial charge on any atom is 0.254 e. The topological polar surface area (TPSA) is 79.7 Å². The third-order valence-corrected chi connectivity index (χ3v) is 8.00. The van der Waals surface area contributed by atoms with Crippen molar-refractivity contribution in [3.8, 4) is 0 Å². The number of anilines is 1. The zero-order chi connectivity index (χ0) is 24.1. The molecule has 1 fully saturated rings. The SMILES string of the molecule is Cc1cc2cc(C(c3nnnn3C3CCCCC3)N3c4ccccc4CC3C)c(=O)[nH]c2cc1C. The summed E-state index contributed by atoms with van der Waals surface area (Å²) in [6.07, 6.45) is 6.71. The van der Waals surface area contributed by atoms with Crippen LogP contribution in [0.4, 0.5) is 5.69 Å². The Bertz CT molecular complexity index is 1450. The molecule has 1 aliphatic carbocycles. The highest BCUT2D eigenvalue weighted by atomic mass is 16.1. The molecule has 0 spiro atoms. The minimum absolute atomic E-state index is 0.0828. The number of nitrogens with zero attached hydrogens (tertiary/aromatic N) is 5. The molecule has 2 atom stereocenters. The van der Waals surface area contributed by atoms with Crippen molar-refractivity contribution in [2.24, 2.45) is 0 Å². The Morgan fingerprint density at radius 3 is 2.63 bits per heavy atom. The lowest BCUT2D eigenvalue weighted by Gasteiger charge is -2.34. The lowest BCUT2D eigenvalue weighted by atomic mass is 9.94. The third-order valence-electron chi connectivity index (χ3n) is 8.00. The van der Waals surface area contributed by atoms with Gasteiger partial charge in [0.25, 0.3) is 5.56 Å². The number of hydrogen-bond donors (Lipinski definition) is 1. The van der Waals surface area contributed by atoms with E-state index in [1.807, 2.05) is 4.68 Å². The van der Waals surface area contributed by atoms with Crippen molar-refractivity contribution in [1.29, 1.82) is 0 Å². The molecule has 6 rings (SSSR count). The van der Waals surface area contributed by atoms with Gasteiger partial charge in [-0.05, 0) is 96.8 Å².